The van der Waals surface area contributed by atoms with Gasteiger partial charge in [0.25, 0.3) is 0 Å². The number of carbonyl (C=O) groups excluding carboxylic acids is 1. The number of benzene rings is 1. The number of aromatic nitrogens is 2. The molecule has 1 aliphatic heterocycles. The van der Waals surface area contributed by atoms with E-state index in [-0.39, 0.29) is 24.3 Å². The molecule has 1 atom stereocenters. The highest BCUT2D eigenvalue weighted by Gasteiger charge is 2.39. The number of carbonyl (C=O) groups is 1. The van der Waals surface area contributed by atoms with Crippen LogP contribution in [0.2, 0.25) is 0 Å². The number of halogens is 3. The van der Waals surface area contributed by atoms with Gasteiger partial charge >= 0.3 is 5.92 Å². The molecule has 1 saturated heterocycles. The quantitative estimate of drug-likeness (QED) is 0.938. The number of rotatable bonds is 4. The zero-order valence-electron chi connectivity index (χ0n) is 12.1. The summed E-state index contributed by atoms with van der Waals surface area (Å²) in [5.41, 5.74) is -0.419. The first-order valence-corrected chi connectivity index (χ1v) is 7.21. The van der Waals surface area contributed by atoms with Crippen molar-refractivity contribution in [3.05, 3.63) is 47.4 Å². The minimum atomic E-state index is -3.48. The molecule has 1 unspecified atom stereocenters. The average Bonchev–Trinajstić information content (AvgIpc) is 2.97. The van der Waals surface area contributed by atoms with Crippen molar-refractivity contribution in [2.24, 2.45) is 0 Å². The van der Waals surface area contributed by atoms with Crippen LogP contribution in [0.25, 0.3) is 0 Å². The van der Waals surface area contributed by atoms with Crippen LogP contribution in [0.15, 0.2) is 28.8 Å². The van der Waals surface area contributed by atoms with E-state index in [1.54, 1.807) is 0 Å². The Hall–Kier alpha value is -2.38. The zero-order chi connectivity index (χ0) is 16.4. The molecule has 3 rings (SSSR count). The van der Waals surface area contributed by atoms with Gasteiger partial charge in [0.1, 0.15) is 5.82 Å². The Morgan fingerprint density at radius 3 is 2.74 bits per heavy atom. The van der Waals surface area contributed by atoms with Gasteiger partial charge in [-0.05, 0) is 37.1 Å². The lowest BCUT2D eigenvalue weighted by Crippen LogP contribution is -2.40. The average molecular weight is 325 g/mol. The molecule has 2 heterocycles. The van der Waals surface area contributed by atoms with Crippen LogP contribution in [0.1, 0.15) is 36.5 Å². The maximum Gasteiger partial charge on any atom is 0.335 e. The molecule has 0 spiro atoms. The van der Waals surface area contributed by atoms with Gasteiger partial charge in [0.2, 0.25) is 17.6 Å². The predicted molar refractivity (Wildman–Crippen MR) is 73.2 cm³/mol. The first-order valence-electron chi connectivity index (χ1n) is 7.21. The van der Waals surface area contributed by atoms with E-state index >= 15 is 0 Å². The molecule has 0 aliphatic carbocycles. The number of hydrogen-bond acceptors (Lipinski definition) is 4. The summed E-state index contributed by atoms with van der Waals surface area (Å²) in [4.78, 5) is 15.0. The van der Waals surface area contributed by atoms with Crippen LogP contribution in [0, 0.1) is 5.82 Å². The monoisotopic (exact) mass is 325 g/mol. The number of amides is 1. The summed E-state index contributed by atoms with van der Waals surface area (Å²) in [6.07, 6.45) is 2.15. The normalized spacial score (nSPS) is 18.7. The predicted octanol–water partition coefficient (Wildman–Crippen LogP) is 2.56. The van der Waals surface area contributed by atoms with Gasteiger partial charge in [0, 0.05) is 24.4 Å². The summed E-state index contributed by atoms with van der Waals surface area (Å²) in [7, 11) is 0. The Labute approximate surface area is 129 Å². The lowest BCUT2D eigenvalue weighted by Gasteiger charge is -2.21. The van der Waals surface area contributed by atoms with Gasteiger partial charge < -0.3 is 9.84 Å². The Bertz CT molecular complexity index is 700. The van der Waals surface area contributed by atoms with Crippen LogP contribution in [-0.2, 0) is 17.1 Å². The second-order valence-corrected chi connectivity index (χ2v) is 5.45. The maximum atomic E-state index is 14.3. The van der Waals surface area contributed by atoms with E-state index in [4.69, 9.17) is 4.52 Å². The largest absolute Gasteiger partial charge is 0.353 e. The maximum absolute atomic E-state index is 14.3. The fourth-order valence-corrected chi connectivity index (χ4v) is 2.50. The van der Waals surface area contributed by atoms with Gasteiger partial charge in [-0.2, -0.15) is 13.8 Å². The standard InChI is InChI=1S/C15H14F3N3O2/c16-10-6-4-9(5-7-10)15(17,18)14-20-13(23-21-14)8-11-2-1-3-12(22)19-11/h4-7,11H,1-3,8H2,(H,19,22). The molecule has 1 aliphatic rings. The van der Waals surface area contributed by atoms with E-state index in [1.165, 1.54) is 0 Å². The van der Waals surface area contributed by atoms with Crippen molar-refractivity contribution in [2.75, 3.05) is 0 Å². The van der Waals surface area contributed by atoms with Crippen molar-refractivity contribution < 1.29 is 22.5 Å². The van der Waals surface area contributed by atoms with Crippen LogP contribution in [0.5, 0.6) is 0 Å². The second kappa shape index (κ2) is 6.02. The molecule has 2 aromatic rings. The van der Waals surface area contributed by atoms with E-state index in [2.05, 4.69) is 15.5 Å². The highest BCUT2D eigenvalue weighted by Crippen LogP contribution is 2.33. The number of piperidine rings is 1. The fraction of sp³-hybridized carbons (Fsp3) is 0.400. The third-order valence-corrected chi connectivity index (χ3v) is 3.70. The fourth-order valence-electron chi connectivity index (χ4n) is 2.50. The van der Waals surface area contributed by atoms with Crippen LogP contribution in [0.4, 0.5) is 13.2 Å². The van der Waals surface area contributed by atoms with Crippen LogP contribution >= 0.6 is 0 Å². The van der Waals surface area contributed by atoms with Crippen LogP contribution < -0.4 is 5.32 Å². The van der Waals surface area contributed by atoms with Crippen molar-refractivity contribution in [3.8, 4) is 0 Å². The minimum Gasteiger partial charge on any atom is -0.353 e. The molecule has 1 aromatic heterocycles. The van der Waals surface area contributed by atoms with Crippen molar-refractivity contribution in [3.63, 3.8) is 0 Å². The second-order valence-electron chi connectivity index (χ2n) is 5.45. The Balaban J connectivity index is 1.75. The Morgan fingerprint density at radius 1 is 1.30 bits per heavy atom. The summed E-state index contributed by atoms with van der Waals surface area (Å²) < 4.78 is 46.3. The molecular weight excluding hydrogens is 311 g/mol. The highest BCUT2D eigenvalue weighted by molar-refractivity contribution is 5.76. The third-order valence-electron chi connectivity index (χ3n) is 3.70. The molecule has 0 radical (unpaired) electrons. The van der Waals surface area contributed by atoms with Gasteiger partial charge in [-0.25, -0.2) is 4.39 Å². The van der Waals surface area contributed by atoms with E-state index < -0.39 is 23.1 Å². The molecule has 122 valence electrons. The number of nitrogens with zero attached hydrogens (tertiary/aromatic N) is 2. The molecule has 0 saturated carbocycles. The first kappa shape index (κ1) is 15.5. The number of alkyl halides is 2. The van der Waals surface area contributed by atoms with Crippen molar-refractivity contribution in [2.45, 2.75) is 37.6 Å². The molecule has 1 N–H and O–H groups in total. The summed E-state index contributed by atoms with van der Waals surface area (Å²) in [6.45, 7) is 0. The molecule has 1 amide bonds. The molecule has 8 heteroatoms. The minimum absolute atomic E-state index is 0.0361. The third kappa shape index (κ3) is 3.35. The van der Waals surface area contributed by atoms with E-state index in [9.17, 15) is 18.0 Å². The molecule has 0 bridgehead atoms. The molecule has 23 heavy (non-hydrogen) atoms. The number of nitrogens with one attached hydrogen (secondary N) is 1. The summed E-state index contributed by atoms with van der Waals surface area (Å²) in [6, 6.07) is 3.66. The van der Waals surface area contributed by atoms with Gasteiger partial charge in [-0.1, -0.05) is 5.16 Å². The van der Waals surface area contributed by atoms with Crippen molar-refractivity contribution in [1.82, 2.24) is 15.5 Å². The topological polar surface area (TPSA) is 68.0 Å². The summed E-state index contributed by atoms with van der Waals surface area (Å²) in [5, 5.41) is 6.08. The van der Waals surface area contributed by atoms with Crippen LogP contribution in [-0.4, -0.2) is 22.1 Å². The van der Waals surface area contributed by atoms with Gasteiger partial charge in [0.05, 0.1) is 0 Å². The molecule has 1 fully saturated rings. The smallest absolute Gasteiger partial charge is 0.335 e. The lowest BCUT2D eigenvalue weighted by atomic mass is 10.0. The highest BCUT2D eigenvalue weighted by atomic mass is 19.3. The van der Waals surface area contributed by atoms with E-state index in [1.807, 2.05) is 0 Å². The van der Waals surface area contributed by atoms with Gasteiger partial charge in [-0.3, -0.25) is 4.79 Å². The summed E-state index contributed by atoms with van der Waals surface area (Å²) >= 11 is 0. The molecular formula is C15H14F3N3O2. The Kier molecular flexibility index (Phi) is 4.06. The SMILES string of the molecule is O=C1CCCC(Cc2nc(C(F)(F)c3ccc(F)cc3)no2)N1. The van der Waals surface area contributed by atoms with Crippen molar-refractivity contribution >= 4 is 5.91 Å². The van der Waals surface area contributed by atoms with E-state index in [0.717, 1.165) is 37.1 Å². The molecule has 5 nitrogen and oxygen atoms in total. The van der Waals surface area contributed by atoms with E-state index in [0.29, 0.717) is 6.42 Å². The molecule has 1 aromatic carbocycles. The van der Waals surface area contributed by atoms with Crippen molar-refractivity contribution in [1.29, 1.82) is 0 Å². The number of hydrogen-bond donors (Lipinski definition) is 1. The Morgan fingerprint density at radius 2 is 2.04 bits per heavy atom. The van der Waals surface area contributed by atoms with Gasteiger partial charge in [0.15, 0.2) is 0 Å². The zero-order valence-corrected chi connectivity index (χ0v) is 12.1. The lowest BCUT2D eigenvalue weighted by molar-refractivity contribution is -0.123. The first-order chi connectivity index (χ1) is 10.9. The van der Waals surface area contributed by atoms with Gasteiger partial charge in [-0.15, -0.1) is 0 Å². The summed E-state index contributed by atoms with van der Waals surface area (Å²) in [5.74, 6) is -4.90. The van der Waals surface area contributed by atoms with Crippen LogP contribution in [0.3, 0.4) is 0 Å².